The third-order valence-corrected chi connectivity index (χ3v) is 8.42. The van der Waals surface area contributed by atoms with Gasteiger partial charge >= 0.3 is 0 Å². The van der Waals surface area contributed by atoms with Crippen LogP contribution in [0, 0.1) is 0 Å². The third-order valence-electron chi connectivity index (χ3n) is 8.42. The molecule has 3 heteroatoms. The lowest BCUT2D eigenvalue weighted by Gasteiger charge is -2.28. The molecule has 230 valence electrons. The molecular weight excluding hydrogens is 599 g/mol. The molecule has 0 aliphatic carbocycles. The Bertz CT molecular complexity index is 3780. The lowest BCUT2D eigenvalue weighted by atomic mass is 9.99. The Morgan fingerprint density at radius 3 is 2.10 bits per heavy atom. The van der Waals surface area contributed by atoms with Gasteiger partial charge in [-0.05, 0) is 58.8 Å². The summed E-state index contributed by atoms with van der Waals surface area (Å²) >= 11 is 0. The number of nitrogens with zero attached hydrogens (tertiary/aromatic N) is 1. The Morgan fingerprint density at radius 1 is 0.429 bits per heavy atom. The Morgan fingerprint density at radius 2 is 1.18 bits per heavy atom. The summed E-state index contributed by atoms with van der Waals surface area (Å²) in [7, 11) is 0. The number of anilines is 3. The van der Waals surface area contributed by atoms with Gasteiger partial charge in [0.2, 0.25) is 0 Å². The third kappa shape index (κ3) is 4.37. The molecule has 0 saturated carbocycles. The first-order valence-electron chi connectivity index (χ1n) is 23.7. The molecule has 0 bridgehead atoms. The van der Waals surface area contributed by atoms with Crippen molar-refractivity contribution in [2.75, 3.05) is 4.90 Å². The summed E-state index contributed by atoms with van der Waals surface area (Å²) in [6, 6.07) is 7.87. The Balaban J connectivity index is 1.43. The molecule has 0 amide bonds. The molecule has 49 heavy (non-hydrogen) atoms. The monoisotopic (exact) mass is 644 g/mol. The quantitative estimate of drug-likeness (QED) is 0.187. The highest BCUT2D eigenvalue weighted by atomic mass is 16.3. The summed E-state index contributed by atoms with van der Waals surface area (Å²) < 4.78 is 168. The van der Waals surface area contributed by atoms with E-state index in [1.165, 1.54) is 12.1 Å². The second-order valence-corrected chi connectivity index (χ2v) is 11.2. The largest absolute Gasteiger partial charge is 0.455 e. The minimum atomic E-state index is -0.851. The van der Waals surface area contributed by atoms with Crippen LogP contribution in [0.5, 0.6) is 0 Å². The van der Waals surface area contributed by atoms with Crippen LogP contribution in [-0.2, 0) is 0 Å². The predicted octanol–water partition coefficient (Wildman–Crippen LogP) is 13.4. The van der Waals surface area contributed by atoms with E-state index in [1.807, 2.05) is 12.1 Å². The van der Waals surface area contributed by atoms with E-state index in [-0.39, 0.29) is 38.6 Å². The number of rotatable bonds is 5. The molecule has 2 aromatic heterocycles. The molecule has 0 spiro atoms. The van der Waals surface area contributed by atoms with Crippen LogP contribution < -0.4 is 4.90 Å². The zero-order valence-corrected chi connectivity index (χ0v) is 25.2. The van der Waals surface area contributed by atoms with Gasteiger partial charge in [-0.2, -0.15) is 0 Å². The van der Waals surface area contributed by atoms with Crippen LogP contribution in [0.1, 0.15) is 23.3 Å². The number of hydrogen-bond acceptors (Lipinski definition) is 3. The van der Waals surface area contributed by atoms with Crippen LogP contribution in [0.15, 0.2) is 184 Å². The van der Waals surface area contributed by atoms with E-state index >= 15 is 0 Å². The molecule has 0 radical (unpaired) electrons. The second-order valence-electron chi connectivity index (χ2n) is 11.2. The first-order valence-corrected chi connectivity index (χ1v) is 15.2. The van der Waals surface area contributed by atoms with E-state index in [2.05, 4.69) is 0 Å². The Kier molecular flexibility index (Phi) is 3.49. The van der Waals surface area contributed by atoms with Gasteiger partial charge in [-0.25, -0.2) is 0 Å². The number of hydrogen-bond donors (Lipinski definition) is 0. The van der Waals surface area contributed by atoms with Gasteiger partial charge in [-0.1, -0.05) is 133 Å². The molecular formula is C46H29NO2. The van der Waals surface area contributed by atoms with Crippen molar-refractivity contribution in [1.29, 1.82) is 0 Å². The summed E-state index contributed by atoms with van der Waals surface area (Å²) in [5.74, 6) is 0. The highest BCUT2D eigenvalue weighted by molar-refractivity contribution is 6.20. The van der Waals surface area contributed by atoms with Gasteiger partial charge in [0.25, 0.3) is 0 Å². The van der Waals surface area contributed by atoms with Crippen molar-refractivity contribution >= 4 is 71.7 Å². The van der Waals surface area contributed by atoms with E-state index in [0.717, 1.165) is 10.3 Å². The predicted molar refractivity (Wildman–Crippen MR) is 204 cm³/mol. The maximum Gasteiger partial charge on any atom is 0.143 e. The van der Waals surface area contributed by atoms with Crippen LogP contribution in [-0.4, -0.2) is 0 Å². The molecule has 0 aliphatic heterocycles. The topological polar surface area (TPSA) is 29.5 Å². The summed E-state index contributed by atoms with van der Waals surface area (Å²) in [6.45, 7) is 0. The van der Waals surface area contributed by atoms with Gasteiger partial charge in [0.15, 0.2) is 0 Å². The fourth-order valence-corrected chi connectivity index (χ4v) is 6.24. The van der Waals surface area contributed by atoms with Gasteiger partial charge in [-0.15, -0.1) is 0 Å². The molecule has 0 fully saturated rings. The minimum Gasteiger partial charge on any atom is -0.455 e. The fraction of sp³-hybridized carbons (Fsp3) is 0. The molecule has 8 aromatic carbocycles. The van der Waals surface area contributed by atoms with E-state index in [9.17, 15) is 11.0 Å². The number of para-hydroxylation sites is 3. The zero-order chi connectivity index (χ0) is 47.1. The molecule has 0 N–H and O–H groups in total. The van der Waals surface area contributed by atoms with E-state index in [0.29, 0.717) is 11.0 Å². The van der Waals surface area contributed by atoms with E-state index < -0.39 is 142 Å². The Hall–Kier alpha value is -6.58. The molecule has 0 atom stereocenters. The highest BCUT2D eigenvalue weighted by Gasteiger charge is 2.23. The lowest BCUT2D eigenvalue weighted by Crippen LogP contribution is -2.11. The molecule has 10 rings (SSSR count). The summed E-state index contributed by atoms with van der Waals surface area (Å²) in [5.41, 5.74) is -2.04. The van der Waals surface area contributed by atoms with Crippen LogP contribution in [0.2, 0.25) is 0 Å². The van der Waals surface area contributed by atoms with Crippen molar-refractivity contribution in [1.82, 2.24) is 0 Å². The number of fused-ring (bicyclic) bond motifs is 8. The number of benzene rings is 8. The molecule has 2 heterocycles. The van der Waals surface area contributed by atoms with E-state index in [1.54, 1.807) is 48.5 Å². The lowest BCUT2D eigenvalue weighted by molar-refractivity contribution is 0.670. The molecule has 10 aromatic rings. The summed E-state index contributed by atoms with van der Waals surface area (Å²) in [6.07, 6.45) is 0. The first-order chi connectivity index (χ1) is 31.4. The van der Waals surface area contributed by atoms with Crippen LogP contribution in [0.25, 0.3) is 76.9 Å². The maximum atomic E-state index is 9.77. The smallest absolute Gasteiger partial charge is 0.143 e. The Labute approximate surface area is 306 Å². The average Bonchev–Trinajstić information content (AvgIpc) is 3.90. The van der Waals surface area contributed by atoms with Crippen molar-refractivity contribution < 1.29 is 32.1 Å². The normalized spacial score (nSPS) is 16.5. The van der Waals surface area contributed by atoms with Gasteiger partial charge in [0.05, 0.1) is 40.1 Å². The molecule has 0 saturated heterocycles. The van der Waals surface area contributed by atoms with Crippen molar-refractivity contribution in [2.45, 2.75) is 0 Å². The first kappa shape index (κ1) is 15.5. The van der Waals surface area contributed by atoms with Gasteiger partial charge in [-0.3, -0.25) is 0 Å². The van der Waals surface area contributed by atoms with Gasteiger partial charge < -0.3 is 13.7 Å². The molecule has 3 nitrogen and oxygen atoms in total. The minimum absolute atomic E-state index is 0.188. The zero-order valence-electron chi connectivity index (χ0n) is 42.2. The maximum absolute atomic E-state index is 9.77. The van der Waals surface area contributed by atoms with Crippen LogP contribution in [0.3, 0.4) is 0 Å². The van der Waals surface area contributed by atoms with Gasteiger partial charge in [0, 0.05) is 38.4 Å². The molecule has 0 unspecified atom stereocenters. The average molecular weight is 645 g/mol. The second kappa shape index (κ2) is 11.0. The fourth-order valence-electron chi connectivity index (χ4n) is 6.24. The van der Waals surface area contributed by atoms with Crippen LogP contribution in [0.4, 0.5) is 17.1 Å². The summed E-state index contributed by atoms with van der Waals surface area (Å²) in [4.78, 5) is 0.886. The molecule has 0 aliphatic rings. The van der Waals surface area contributed by atoms with E-state index in [4.69, 9.17) is 21.2 Å². The van der Waals surface area contributed by atoms with Crippen LogP contribution >= 0.6 is 0 Å². The van der Waals surface area contributed by atoms with Gasteiger partial charge in [0.1, 0.15) is 22.3 Å². The summed E-state index contributed by atoms with van der Waals surface area (Å²) in [5, 5.41) is -0.193. The highest BCUT2D eigenvalue weighted by Crippen LogP contribution is 2.47. The van der Waals surface area contributed by atoms with Crippen molar-refractivity contribution in [3.8, 4) is 22.3 Å². The standard InChI is InChI=1S/C46H29NO2/c1-2-12-30(13-3-1)34-15-6-8-20-40(34)47(41-21-11-23-43-44(41)39-29-26-31-14-4-5-16-35(31)46(39)49-43)33-27-24-32(25-28-33)36-18-10-19-38-37-17-7-9-22-42(37)48-45(36)38/h1-29H/i4D,5D,6D,8D,11D,14D,15D,16D,20D,21D,23D,24D,25D,26D,27D,28D,29D. The van der Waals surface area contributed by atoms with Crippen molar-refractivity contribution in [2.24, 2.45) is 0 Å². The number of furan rings is 2. The van der Waals surface area contributed by atoms with Crippen molar-refractivity contribution in [3.05, 3.63) is 176 Å². The SMILES string of the molecule is [2H]c1c([2H])c([2H])c(N(c2c([2H])c([2H])c(-c3cccc4c3oc3ccccc34)c([2H])c2[2H])c2c([2H])c([2H])c([2H])c3oc4c5c([2H])c([2H])c([2H])c([2H])c5c([2H])c([2H])c4c23)c(-c2ccccc2)c1[2H]. The van der Waals surface area contributed by atoms with Crippen molar-refractivity contribution in [3.63, 3.8) is 0 Å².